The Balaban J connectivity index is 0.000000605. The quantitative estimate of drug-likeness (QED) is 0.567. The van der Waals surface area contributed by atoms with Crippen molar-refractivity contribution in [3.05, 3.63) is 24.3 Å². The normalized spacial score (nSPS) is 9.55. The molecular formula is C6H5AgN3S. The number of hydrogen-bond acceptors (Lipinski definition) is 3. The van der Waals surface area contributed by atoms with Crippen molar-refractivity contribution >= 4 is 23.8 Å². The van der Waals surface area contributed by atoms with Crippen LogP contribution < -0.4 is 0 Å². The molecule has 0 saturated carbocycles. The van der Waals surface area contributed by atoms with Crippen molar-refractivity contribution in [2.24, 2.45) is 0 Å². The van der Waals surface area contributed by atoms with E-state index in [0.717, 1.165) is 11.0 Å². The Hall–Kier alpha value is -0.290. The van der Waals surface area contributed by atoms with Gasteiger partial charge in [-0.05, 0) is 24.9 Å². The molecule has 0 amide bonds. The summed E-state index contributed by atoms with van der Waals surface area (Å²) in [6.07, 6.45) is 0. The van der Waals surface area contributed by atoms with Gasteiger partial charge in [0.1, 0.15) is 11.0 Å². The fourth-order valence-electron chi connectivity index (χ4n) is 0.848. The molecule has 0 aliphatic rings. The molecule has 61 valence electrons. The molecule has 0 saturated heterocycles. The maximum atomic E-state index is 3.98. The van der Waals surface area contributed by atoms with E-state index in [2.05, 4.69) is 23.0 Å². The number of thiol groups is 1. The first-order valence-corrected chi connectivity index (χ1v) is 3.27. The van der Waals surface area contributed by atoms with E-state index >= 15 is 0 Å². The van der Waals surface area contributed by atoms with E-state index < -0.39 is 0 Å². The molecular weight excluding hydrogens is 254 g/mol. The molecule has 0 aliphatic carbocycles. The molecule has 0 unspecified atom stereocenters. The average molecular weight is 259 g/mol. The summed E-state index contributed by atoms with van der Waals surface area (Å²) in [6.45, 7) is 0. The second-order valence-electron chi connectivity index (χ2n) is 1.96. The first-order valence-electron chi connectivity index (χ1n) is 2.87. The molecule has 0 aliphatic heterocycles. The standard InChI is InChI=1S/C6H5N3S.Ag/c10-9-7-5-3-1-2-4-6(5)8-9;/h1-4,10H;. The number of rotatable bonds is 0. The van der Waals surface area contributed by atoms with E-state index in [1.165, 1.54) is 4.20 Å². The topological polar surface area (TPSA) is 30.7 Å². The minimum absolute atomic E-state index is 0. The van der Waals surface area contributed by atoms with Gasteiger partial charge in [-0.2, -0.15) is 0 Å². The SMILES string of the molecule is Sn1nc2ccccc2n1.[Ag]. The van der Waals surface area contributed by atoms with E-state index in [1.807, 2.05) is 24.3 Å². The van der Waals surface area contributed by atoms with Gasteiger partial charge in [0, 0.05) is 22.4 Å². The van der Waals surface area contributed by atoms with Crippen LogP contribution in [0, 0.1) is 0 Å². The van der Waals surface area contributed by atoms with Crippen LogP contribution >= 0.6 is 12.8 Å². The third-order valence-electron chi connectivity index (χ3n) is 1.28. The molecule has 0 atom stereocenters. The van der Waals surface area contributed by atoms with Crippen molar-refractivity contribution in [1.82, 2.24) is 14.4 Å². The minimum Gasteiger partial charge on any atom is -0.142 e. The first kappa shape index (κ1) is 8.80. The second kappa shape index (κ2) is 3.40. The predicted octanol–water partition coefficient (Wildman–Crippen LogP) is 1.12. The second-order valence-corrected chi connectivity index (χ2v) is 2.31. The molecule has 0 spiro atoms. The zero-order valence-electron chi connectivity index (χ0n) is 5.40. The van der Waals surface area contributed by atoms with Gasteiger partial charge in [-0.3, -0.25) is 0 Å². The predicted molar refractivity (Wildman–Crippen MR) is 41.9 cm³/mol. The summed E-state index contributed by atoms with van der Waals surface area (Å²) in [5.74, 6) is 0. The Bertz CT molecular complexity index is 326. The smallest absolute Gasteiger partial charge is 0.114 e. The van der Waals surface area contributed by atoms with Crippen molar-refractivity contribution in [2.45, 2.75) is 0 Å². The van der Waals surface area contributed by atoms with Crippen LogP contribution in [0.25, 0.3) is 11.0 Å². The van der Waals surface area contributed by atoms with Crippen molar-refractivity contribution in [1.29, 1.82) is 0 Å². The Morgan fingerprint density at radius 2 is 1.55 bits per heavy atom. The van der Waals surface area contributed by atoms with Crippen molar-refractivity contribution < 1.29 is 22.4 Å². The van der Waals surface area contributed by atoms with Crippen molar-refractivity contribution in [2.75, 3.05) is 0 Å². The monoisotopic (exact) mass is 258 g/mol. The van der Waals surface area contributed by atoms with Gasteiger partial charge in [0.05, 0.1) is 0 Å². The molecule has 0 N–H and O–H groups in total. The Morgan fingerprint density at radius 1 is 1.09 bits per heavy atom. The van der Waals surface area contributed by atoms with Crippen LogP contribution in [0.4, 0.5) is 0 Å². The fourth-order valence-corrected chi connectivity index (χ4v) is 1.04. The van der Waals surface area contributed by atoms with E-state index in [-0.39, 0.29) is 22.4 Å². The molecule has 3 nitrogen and oxygen atoms in total. The third-order valence-corrected chi connectivity index (χ3v) is 1.45. The van der Waals surface area contributed by atoms with E-state index in [9.17, 15) is 0 Å². The molecule has 1 heterocycles. The molecule has 1 radical (unpaired) electrons. The fraction of sp³-hybridized carbons (Fsp3) is 0. The first-order chi connectivity index (χ1) is 4.86. The van der Waals surface area contributed by atoms with Crippen molar-refractivity contribution in [3.63, 3.8) is 0 Å². The van der Waals surface area contributed by atoms with Gasteiger partial charge in [0.2, 0.25) is 0 Å². The summed E-state index contributed by atoms with van der Waals surface area (Å²) >= 11 is 3.94. The van der Waals surface area contributed by atoms with Gasteiger partial charge < -0.3 is 0 Å². The summed E-state index contributed by atoms with van der Waals surface area (Å²) in [7, 11) is 0. The van der Waals surface area contributed by atoms with Crippen molar-refractivity contribution in [3.8, 4) is 0 Å². The number of benzene rings is 1. The maximum absolute atomic E-state index is 3.98. The van der Waals surface area contributed by atoms with Gasteiger partial charge in [-0.25, -0.2) is 0 Å². The van der Waals surface area contributed by atoms with Crippen LogP contribution in [0.2, 0.25) is 0 Å². The minimum atomic E-state index is 0. The zero-order chi connectivity index (χ0) is 6.97. The Morgan fingerprint density at radius 3 is 2.00 bits per heavy atom. The van der Waals surface area contributed by atoms with Crippen LogP contribution in [0.1, 0.15) is 0 Å². The molecule has 0 bridgehead atoms. The van der Waals surface area contributed by atoms with Crippen LogP contribution in [0.3, 0.4) is 0 Å². The molecule has 1 aromatic heterocycles. The van der Waals surface area contributed by atoms with Gasteiger partial charge in [-0.15, -0.1) is 14.4 Å². The molecule has 5 heteroatoms. The summed E-state index contributed by atoms with van der Waals surface area (Å²) in [4.78, 5) is 0. The van der Waals surface area contributed by atoms with E-state index in [1.54, 1.807) is 0 Å². The van der Waals surface area contributed by atoms with E-state index in [0.29, 0.717) is 0 Å². The summed E-state index contributed by atoms with van der Waals surface area (Å²) in [5, 5.41) is 7.97. The van der Waals surface area contributed by atoms with Gasteiger partial charge >= 0.3 is 0 Å². The number of fused-ring (bicyclic) bond motifs is 1. The molecule has 1 aromatic carbocycles. The molecule has 0 fully saturated rings. The Labute approximate surface area is 84.8 Å². The number of aromatic nitrogens is 3. The van der Waals surface area contributed by atoms with Crippen LogP contribution in [-0.2, 0) is 22.4 Å². The number of hydrogen-bond donors (Lipinski definition) is 1. The molecule has 11 heavy (non-hydrogen) atoms. The summed E-state index contributed by atoms with van der Waals surface area (Å²) in [5.41, 5.74) is 1.75. The van der Waals surface area contributed by atoms with Crippen LogP contribution in [0.5, 0.6) is 0 Å². The van der Waals surface area contributed by atoms with E-state index in [4.69, 9.17) is 0 Å². The summed E-state index contributed by atoms with van der Waals surface area (Å²) in [6, 6.07) is 7.64. The summed E-state index contributed by atoms with van der Waals surface area (Å²) < 4.78 is 1.27. The van der Waals surface area contributed by atoms with Crippen LogP contribution in [-0.4, -0.2) is 14.4 Å². The average Bonchev–Trinajstić information content (AvgIpc) is 2.27. The van der Waals surface area contributed by atoms with Gasteiger partial charge in [0.25, 0.3) is 0 Å². The van der Waals surface area contributed by atoms with Gasteiger partial charge in [0.15, 0.2) is 0 Å². The Kier molecular flexibility index (Phi) is 2.72. The zero-order valence-corrected chi connectivity index (χ0v) is 7.78. The maximum Gasteiger partial charge on any atom is 0.114 e. The number of nitrogens with zero attached hydrogens (tertiary/aromatic N) is 3. The largest absolute Gasteiger partial charge is 0.142 e. The molecule has 2 aromatic rings. The molecule has 2 rings (SSSR count). The van der Waals surface area contributed by atoms with Gasteiger partial charge in [-0.1, -0.05) is 12.1 Å². The van der Waals surface area contributed by atoms with Crippen LogP contribution in [0.15, 0.2) is 24.3 Å². The third kappa shape index (κ3) is 1.65.